The van der Waals surface area contributed by atoms with Gasteiger partial charge in [-0.05, 0) is 19.9 Å². The number of nitrogens with zero attached hydrogens (tertiary/aromatic N) is 2. The number of carbonyl (C=O) groups is 1. The first-order valence-corrected chi connectivity index (χ1v) is 5.40. The molecule has 0 saturated carbocycles. The highest BCUT2D eigenvalue weighted by atomic mass is 32.2. The van der Waals surface area contributed by atoms with E-state index in [9.17, 15) is 18.0 Å². The number of carboxylic acid groups (broad SMARTS) is 1. The molecule has 1 heterocycles. The molecule has 1 rings (SSSR count). The normalized spacial score (nSPS) is 13.5. The molecule has 0 fully saturated rings. The maximum absolute atomic E-state index is 12.4. The zero-order chi connectivity index (χ0) is 13.2. The quantitative estimate of drug-likeness (QED) is 0.672. The second-order valence-corrected chi connectivity index (χ2v) is 4.58. The summed E-state index contributed by atoms with van der Waals surface area (Å²) >= 11 is 0.674. The van der Waals surface area contributed by atoms with Gasteiger partial charge in [0.2, 0.25) is 0 Å². The predicted octanol–water partition coefficient (Wildman–Crippen LogP) is 2.37. The van der Waals surface area contributed by atoms with Crippen LogP contribution in [0.4, 0.5) is 13.2 Å². The fourth-order valence-electron chi connectivity index (χ4n) is 0.948. The Morgan fingerprint density at radius 2 is 2.06 bits per heavy atom. The summed E-state index contributed by atoms with van der Waals surface area (Å²) < 4.78 is 37.3. The second kappa shape index (κ2) is 4.91. The van der Waals surface area contributed by atoms with Crippen molar-refractivity contribution in [2.45, 2.75) is 30.4 Å². The lowest BCUT2D eigenvalue weighted by Gasteiger charge is -2.09. The van der Waals surface area contributed by atoms with Gasteiger partial charge < -0.3 is 5.11 Å². The van der Waals surface area contributed by atoms with Gasteiger partial charge in [0.15, 0.2) is 5.16 Å². The van der Waals surface area contributed by atoms with E-state index in [1.807, 2.05) is 0 Å². The largest absolute Gasteiger partial charge is 0.480 e. The minimum absolute atomic E-state index is 0.146. The average molecular weight is 266 g/mol. The van der Waals surface area contributed by atoms with Gasteiger partial charge in [0.25, 0.3) is 0 Å². The van der Waals surface area contributed by atoms with E-state index in [0.29, 0.717) is 11.8 Å². The van der Waals surface area contributed by atoms with Crippen LogP contribution in [0.25, 0.3) is 0 Å². The van der Waals surface area contributed by atoms with Crippen molar-refractivity contribution < 1.29 is 23.1 Å². The van der Waals surface area contributed by atoms with Gasteiger partial charge in [0, 0.05) is 5.69 Å². The molecule has 4 nitrogen and oxygen atoms in total. The van der Waals surface area contributed by atoms with Gasteiger partial charge in [0.1, 0.15) is 10.9 Å². The SMILES string of the molecule is Cc1cc(C(F)(F)F)nc(SC(C)C(=O)O)n1. The average Bonchev–Trinajstić information content (AvgIpc) is 2.15. The highest BCUT2D eigenvalue weighted by Gasteiger charge is 2.33. The van der Waals surface area contributed by atoms with Crippen LogP contribution in [0.15, 0.2) is 11.2 Å². The number of carboxylic acids is 1. The Labute approximate surface area is 99.3 Å². The summed E-state index contributed by atoms with van der Waals surface area (Å²) in [7, 11) is 0. The summed E-state index contributed by atoms with van der Waals surface area (Å²) in [6.45, 7) is 2.75. The number of thioether (sulfide) groups is 1. The van der Waals surface area contributed by atoms with Gasteiger partial charge in [-0.25, -0.2) is 9.97 Å². The molecule has 1 aromatic heterocycles. The molecule has 0 spiro atoms. The first-order chi connectivity index (χ1) is 7.70. The first-order valence-electron chi connectivity index (χ1n) is 4.52. The van der Waals surface area contributed by atoms with E-state index in [1.165, 1.54) is 13.8 Å². The predicted molar refractivity (Wildman–Crippen MR) is 54.7 cm³/mol. The van der Waals surface area contributed by atoms with E-state index in [4.69, 9.17) is 5.11 Å². The molecule has 0 bridgehead atoms. The zero-order valence-corrected chi connectivity index (χ0v) is 9.76. The number of alkyl halides is 3. The third-order valence-corrected chi connectivity index (χ3v) is 2.70. The van der Waals surface area contributed by atoms with Crippen molar-refractivity contribution in [3.8, 4) is 0 Å². The van der Waals surface area contributed by atoms with Crippen LogP contribution in [-0.2, 0) is 11.0 Å². The van der Waals surface area contributed by atoms with Crippen molar-refractivity contribution in [1.82, 2.24) is 9.97 Å². The fraction of sp³-hybridized carbons (Fsp3) is 0.444. The van der Waals surface area contributed by atoms with Crippen LogP contribution in [0.1, 0.15) is 18.3 Å². The maximum Gasteiger partial charge on any atom is 0.433 e. The molecular weight excluding hydrogens is 257 g/mol. The smallest absolute Gasteiger partial charge is 0.433 e. The van der Waals surface area contributed by atoms with E-state index in [2.05, 4.69) is 9.97 Å². The third kappa shape index (κ3) is 3.88. The molecule has 0 aliphatic rings. The standard InChI is InChI=1S/C9H9F3N2O2S/c1-4-3-6(9(10,11)12)14-8(13-4)17-5(2)7(15)16/h3,5H,1-2H3,(H,15,16). The highest BCUT2D eigenvalue weighted by Crippen LogP contribution is 2.30. The van der Waals surface area contributed by atoms with Gasteiger partial charge in [-0.2, -0.15) is 13.2 Å². The summed E-state index contributed by atoms with van der Waals surface area (Å²) in [4.78, 5) is 17.6. The monoisotopic (exact) mass is 266 g/mol. The second-order valence-electron chi connectivity index (χ2n) is 3.27. The Morgan fingerprint density at radius 1 is 1.47 bits per heavy atom. The fourth-order valence-corrected chi connectivity index (χ4v) is 1.71. The number of halogens is 3. The Bertz CT molecular complexity index is 437. The molecule has 0 radical (unpaired) electrons. The van der Waals surface area contributed by atoms with Crippen molar-refractivity contribution in [3.05, 3.63) is 17.5 Å². The van der Waals surface area contributed by atoms with Crippen LogP contribution >= 0.6 is 11.8 Å². The molecule has 1 unspecified atom stereocenters. The molecule has 0 saturated heterocycles. The van der Waals surface area contributed by atoms with Crippen LogP contribution in [0.3, 0.4) is 0 Å². The molecule has 1 N–H and O–H groups in total. The number of hydrogen-bond donors (Lipinski definition) is 1. The molecule has 1 atom stereocenters. The Morgan fingerprint density at radius 3 is 2.53 bits per heavy atom. The maximum atomic E-state index is 12.4. The molecule has 17 heavy (non-hydrogen) atoms. The van der Waals surface area contributed by atoms with Crippen LogP contribution in [0.5, 0.6) is 0 Å². The van der Waals surface area contributed by atoms with Gasteiger partial charge in [-0.1, -0.05) is 11.8 Å². The van der Waals surface area contributed by atoms with E-state index in [1.54, 1.807) is 0 Å². The van der Waals surface area contributed by atoms with E-state index < -0.39 is 23.1 Å². The van der Waals surface area contributed by atoms with Crippen LogP contribution in [-0.4, -0.2) is 26.3 Å². The van der Waals surface area contributed by atoms with E-state index in [-0.39, 0.29) is 10.9 Å². The zero-order valence-electron chi connectivity index (χ0n) is 8.95. The van der Waals surface area contributed by atoms with E-state index >= 15 is 0 Å². The van der Waals surface area contributed by atoms with Gasteiger partial charge in [0.05, 0.1) is 0 Å². The van der Waals surface area contributed by atoms with Crippen molar-refractivity contribution in [2.75, 3.05) is 0 Å². The lowest BCUT2D eigenvalue weighted by molar-refractivity contribution is -0.141. The summed E-state index contributed by atoms with van der Waals surface area (Å²) in [6, 6.07) is 0.815. The minimum Gasteiger partial charge on any atom is -0.480 e. The Balaban J connectivity index is 3.02. The Kier molecular flexibility index (Phi) is 3.97. The lowest BCUT2D eigenvalue weighted by Crippen LogP contribution is -2.14. The first kappa shape index (κ1) is 13.8. The molecule has 0 aromatic carbocycles. The molecular formula is C9H9F3N2O2S. The number of aromatic nitrogens is 2. The van der Waals surface area contributed by atoms with Crippen molar-refractivity contribution in [1.29, 1.82) is 0 Å². The molecule has 0 amide bonds. The minimum atomic E-state index is -4.56. The van der Waals surface area contributed by atoms with Gasteiger partial charge in [-0.3, -0.25) is 4.79 Å². The molecule has 94 valence electrons. The number of rotatable bonds is 3. The Hall–Kier alpha value is -1.31. The van der Waals surface area contributed by atoms with Crippen molar-refractivity contribution in [2.24, 2.45) is 0 Å². The summed E-state index contributed by atoms with van der Waals surface area (Å²) in [5, 5.41) is 7.55. The topological polar surface area (TPSA) is 63.1 Å². The molecule has 1 aromatic rings. The summed E-state index contributed by atoms with van der Waals surface area (Å²) in [6.07, 6.45) is -4.56. The summed E-state index contributed by atoms with van der Waals surface area (Å²) in [5.74, 6) is -1.13. The molecule has 0 aliphatic carbocycles. The highest BCUT2D eigenvalue weighted by molar-refractivity contribution is 8.00. The van der Waals surface area contributed by atoms with Crippen molar-refractivity contribution >= 4 is 17.7 Å². The molecule has 8 heteroatoms. The number of hydrogen-bond acceptors (Lipinski definition) is 4. The molecule has 0 aliphatic heterocycles. The van der Waals surface area contributed by atoms with Crippen LogP contribution in [0.2, 0.25) is 0 Å². The number of aryl methyl sites for hydroxylation is 1. The summed E-state index contributed by atoms with van der Waals surface area (Å²) in [5.41, 5.74) is -0.919. The van der Waals surface area contributed by atoms with E-state index in [0.717, 1.165) is 6.07 Å². The van der Waals surface area contributed by atoms with Gasteiger partial charge >= 0.3 is 12.1 Å². The van der Waals surface area contributed by atoms with Crippen molar-refractivity contribution in [3.63, 3.8) is 0 Å². The van der Waals surface area contributed by atoms with Crippen LogP contribution in [0, 0.1) is 6.92 Å². The third-order valence-electron chi connectivity index (χ3n) is 1.75. The van der Waals surface area contributed by atoms with Crippen LogP contribution < -0.4 is 0 Å². The number of aliphatic carboxylic acids is 1. The lowest BCUT2D eigenvalue weighted by atomic mass is 10.3. The van der Waals surface area contributed by atoms with Gasteiger partial charge in [-0.15, -0.1) is 0 Å².